The molecule has 1 aromatic rings. The van der Waals surface area contributed by atoms with Gasteiger partial charge < -0.3 is 9.84 Å². The van der Waals surface area contributed by atoms with E-state index in [1.165, 1.54) is 0 Å². The summed E-state index contributed by atoms with van der Waals surface area (Å²) in [7, 11) is 0. The summed E-state index contributed by atoms with van der Waals surface area (Å²) in [6.45, 7) is 11.1. The van der Waals surface area contributed by atoms with Gasteiger partial charge in [-0.3, -0.25) is 0 Å². The van der Waals surface area contributed by atoms with Crippen LogP contribution in [0.5, 0.6) is 0 Å². The van der Waals surface area contributed by atoms with Crippen LogP contribution in [0.2, 0.25) is 0 Å². The van der Waals surface area contributed by atoms with Crippen molar-refractivity contribution >= 4 is 23.5 Å². The van der Waals surface area contributed by atoms with Crippen molar-refractivity contribution in [2.75, 3.05) is 18.8 Å². The lowest BCUT2D eigenvalue weighted by molar-refractivity contribution is 0.234. The second-order valence-corrected chi connectivity index (χ2v) is 9.56. The fraction of sp³-hybridized carbons (Fsp3) is 0.867. The minimum atomic E-state index is 0.0244. The standard InChI is InChI=1S/C15H25N3OS2/c1-9(2)15(5-6-16-8-15)14-17-13(18-19-14)12-7-20-10(3)11(4)21-12/h9-12,16H,5-8H2,1-4H3. The van der Waals surface area contributed by atoms with E-state index >= 15 is 0 Å². The van der Waals surface area contributed by atoms with Crippen molar-refractivity contribution in [1.29, 1.82) is 0 Å². The van der Waals surface area contributed by atoms with Crippen LogP contribution in [-0.2, 0) is 5.41 Å². The summed E-state index contributed by atoms with van der Waals surface area (Å²) in [5.41, 5.74) is 0.0244. The van der Waals surface area contributed by atoms with Gasteiger partial charge in [-0.25, -0.2) is 0 Å². The lowest BCUT2D eigenvalue weighted by atomic mass is 9.76. The van der Waals surface area contributed by atoms with Gasteiger partial charge in [0.05, 0.1) is 10.7 Å². The van der Waals surface area contributed by atoms with Gasteiger partial charge in [-0.1, -0.05) is 32.9 Å². The van der Waals surface area contributed by atoms with Gasteiger partial charge in [-0.05, 0) is 18.9 Å². The maximum Gasteiger partial charge on any atom is 0.234 e. The van der Waals surface area contributed by atoms with Crippen molar-refractivity contribution in [3.05, 3.63) is 11.7 Å². The normalized spacial score (nSPS) is 37.3. The summed E-state index contributed by atoms with van der Waals surface area (Å²) in [6, 6.07) is 0. The molecule has 118 valence electrons. The molecule has 3 heterocycles. The first kappa shape index (κ1) is 15.7. The first-order valence-corrected chi connectivity index (χ1v) is 9.84. The second kappa shape index (κ2) is 6.13. The van der Waals surface area contributed by atoms with Crippen LogP contribution in [0.25, 0.3) is 0 Å². The monoisotopic (exact) mass is 327 g/mol. The molecule has 0 amide bonds. The van der Waals surface area contributed by atoms with Crippen molar-refractivity contribution in [3.8, 4) is 0 Å². The number of thioether (sulfide) groups is 2. The molecule has 0 spiro atoms. The molecule has 6 heteroatoms. The van der Waals surface area contributed by atoms with E-state index in [2.05, 4.69) is 38.2 Å². The molecule has 4 unspecified atom stereocenters. The van der Waals surface area contributed by atoms with Crippen molar-refractivity contribution in [2.45, 2.75) is 55.3 Å². The summed E-state index contributed by atoms with van der Waals surface area (Å²) < 4.78 is 5.70. The Morgan fingerprint density at radius 2 is 2.14 bits per heavy atom. The zero-order chi connectivity index (χ0) is 15.0. The average molecular weight is 328 g/mol. The van der Waals surface area contributed by atoms with Gasteiger partial charge in [0.1, 0.15) is 0 Å². The van der Waals surface area contributed by atoms with Gasteiger partial charge in [0, 0.05) is 22.8 Å². The molecule has 4 atom stereocenters. The highest BCUT2D eigenvalue weighted by Gasteiger charge is 2.44. The van der Waals surface area contributed by atoms with E-state index in [0.717, 1.165) is 37.0 Å². The van der Waals surface area contributed by atoms with E-state index in [4.69, 9.17) is 9.51 Å². The Labute approximate surface area is 135 Å². The summed E-state index contributed by atoms with van der Waals surface area (Å²) >= 11 is 4.01. The number of hydrogen-bond donors (Lipinski definition) is 1. The Morgan fingerprint density at radius 3 is 2.76 bits per heavy atom. The van der Waals surface area contributed by atoms with Crippen LogP contribution >= 0.6 is 23.5 Å². The summed E-state index contributed by atoms with van der Waals surface area (Å²) in [4.78, 5) is 4.82. The van der Waals surface area contributed by atoms with Gasteiger partial charge in [0.15, 0.2) is 5.82 Å². The highest BCUT2D eigenvalue weighted by Crippen LogP contribution is 2.44. The summed E-state index contributed by atoms with van der Waals surface area (Å²) in [5, 5.41) is 9.50. The SMILES string of the molecule is CC1SCC(c2noc(C3(C(C)C)CCNC3)n2)SC1C. The predicted octanol–water partition coefficient (Wildman–Crippen LogP) is 3.25. The van der Waals surface area contributed by atoms with E-state index in [-0.39, 0.29) is 5.41 Å². The predicted molar refractivity (Wildman–Crippen MR) is 90.0 cm³/mol. The van der Waals surface area contributed by atoms with Crippen LogP contribution < -0.4 is 5.32 Å². The van der Waals surface area contributed by atoms with Crippen molar-refractivity contribution in [2.24, 2.45) is 5.92 Å². The van der Waals surface area contributed by atoms with Crippen LogP contribution in [0.3, 0.4) is 0 Å². The molecule has 2 fully saturated rings. The molecule has 2 aliphatic heterocycles. The van der Waals surface area contributed by atoms with Crippen LogP contribution in [0.15, 0.2) is 4.52 Å². The van der Waals surface area contributed by atoms with Crippen LogP contribution in [0.1, 0.15) is 51.1 Å². The number of nitrogens with one attached hydrogen (secondary N) is 1. The van der Waals surface area contributed by atoms with Gasteiger partial charge in [-0.2, -0.15) is 16.7 Å². The lowest BCUT2D eigenvalue weighted by Crippen LogP contribution is -2.35. The molecule has 2 aliphatic rings. The minimum Gasteiger partial charge on any atom is -0.339 e. The Balaban J connectivity index is 1.80. The highest BCUT2D eigenvalue weighted by atomic mass is 32.2. The fourth-order valence-corrected chi connectivity index (χ4v) is 5.95. The third kappa shape index (κ3) is 2.86. The van der Waals surface area contributed by atoms with E-state index in [0.29, 0.717) is 21.7 Å². The topological polar surface area (TPSA) is 51.0 Å². The van der Waals surface area contributed by atoms with Crippen molar-refractivity contribution in [1.82, 2.24) is 15.5 Å². The zero-order valence-electron chi connectivity index (χ0n) is 13.3. The van der Waals surface area contributed by atoms with E-state index < -0.39 is 0 Å². The van der Waals surface area contributed by atoms with Gasteiger partial charge in [0.25, 0.3) is 0 Å². The van der Waals surface area contributed by atoms with Gasteiger partial charge >= 0.3 is 0 Å². The molecule has 0 saturated carbocycles. The molecule has 1 N–H and O–H groups in total. The molecule has 0 aliphatic carbocycles. The van der Waals surface area contributed by atoms with Crippen molar-refractivity contribution in [3.63, 3.8) is 0 Å². The maximum absolute atomic E-state index is 5.70. The number of hydrogen-bond acceptors (Lipinski definition) is 6. The number of nitrogens with zero attached hydrogens (tertiary/aromatic N) is 2. The first-order chi connectivity index (χ1) is 10.0. The smallest absolute Gasteiger partial charge is 0.234 e. The van der Waals surface area contributed by atoms with Gasteiger partial charge in [-0.15, -0.1) is 11.8 Å². The second-order valence-electron chi connectivity index (χ2n) is 6.56. The minimum absolute atomic E-state index is 0.0244. The Bertz CT molecular complexity index is 485. The van der Waals surface area contributed by atoms with E-state index in [1.807, 2.05) is 23.5 Å². The van der Waals surface area contributed by atoms with E-state index in [1.54, 1.807) is 0 Å². The molecule has 0 aromatic carbocycles. The fourth-order valence-electron chi connectivity index (χ4n) is 3.12. The Morgan fingerprint density at radius 1 is 1.33 bits per heavy atom. The van der Waals surface area contributed by atoms with Gasteiger partial charge in [0.2, 0.25) is 5.89 Å². The molecule has 4 nitrogen and oxygen atoms in total. The molecule has 3 rings (SSSR count). The molecule has 1 aromatic heterocycles. The largest absolute Gasteiger partial charge is 0.339 e. The molecule has 2 saturated heterocycles. The molecule has 0 radical (unpaired) electrons. The third-order valence-electron chi connectivity index (χ3n) is 5.00. The van der Waals surface area contributed by atoms with Crippen LogP contribution in [0.4, 0.5) is 0 Å². The Kier molecular flexibility index (Phi) is 4.58. The number of aromatic nitrogens is 2. The van der Waals surface area contributed by atoms with Crippen molar-refractivity contribution < 1.29 is 4.52 Å². The Hall–Kier alpha value is -0.200. The molecular formula is C15H25N3OS2. The quantitative estimate of drug-likeness (QED) is 0.919. The zero-order valence-corrected chi connectivity index (χ0v) is 14.9. The molecular weight excluding hydrogens is 302 g/mol. The number of rotatable bonds is 3. The summed E-state index contributed by atoms with van der Waals surface area (Å²) in [5.74, 6) is 3.33. The third-order valence-corrected chi connectivity index (χ3v) is 8.39. The van der Waals surface area contributed by atoms with Crippen LogP contribution in [0, 0.1) is 5.92 Å². The average Bonchev–Trinajstić information content (AvgIpc) is 3.10. The lowest BCUT2D eigenvalue weighted by Gasteiger charge is -2.29. The molecule has 21 heavy (non-hydrogen) atoms. The first-order valence-electron chi connectivity index (χ1n) is 7.85. The highest BCUT2D eigenvalue weighted by molar-refractivity contribution is 8.07. The van der Waals surface area contributed by atoms with E-state index in [9.17, 15) is 0 Å². The maximum atomic E-state index is 5.70. The molecule has 0 bridgehead atoms. The summed E-state index contributed by atoms with van der Waals surface area (Å²) in [6.07, 6.45) is 1.09. The van der Waals surface area contributed by atoms with Crippen LogP contribution in [-0.4, -0.2) is 39.5 Å².